The van der Waals surface area contributed by atoms with Crippen molar-refractivity contribution in [2.75, 3.05) is 6.61 Å². The van der Waals surface area contributed by atoms with Gasteiger partial charge in [0, 0.05) is 24.1 Å². The van der Waals surface area contributed by atoms with E-state index in [2.05, 4.69) is 23.6 Å². The molecule has 0 atom stereocenters. The minimum absolute atomic E-state index is 0.0100. The van der Waals surface area contributed by atoms with E-state index in [0.29, 0.717) is 17.8 Å². The molecule has 0 bridgehead atoms. The number of nitrogens with zero attached hydrogens (tertiary/aromatic N) is 3. The van der Waals surface area contributed by atoms with Gasteiger partial charge in [0.15, 0.2) is 5.65 Å². The second kappa shape index (κ2) is 8.18. The van der Waals surface area contributed by atoms with Gasteiger partial charge in [-0.3, -0.25) is 0 Å². The van der Waals surface area contributed by atoms with Crippen molar-refractivity contribution in [3.8, 4) is 11.4 Å². The van der Waals surface area contributed by atoms with Crippen LogP contribution in [0.1, 0.15) is 43.9 Å². The van der Waals surface area contributed by atoms with E-state index >= 15 is 0 Å². The molecule has 3 rings (SSSR count). The summed E-state index contributed by atoms with van der Waals surface area (Å²) in [5.41, 5.74) is 3.06. The molecule has 1 aromatic carbocycles. The third kappa shape index (κ3) is 4.11. The summed E-state index contributed by atoms with van der Waals surface area (Å²) in [7, 11) is 0. The second-order valence-electron chi connectivity index (χ2n) is 6.49. The number of rotatable bonds is 7. The zero-order chi connectivity index (χ0) is 20.3. The van der Waals surface area contributed by atoms with Crippen LogP contribution in [-0.4, -0.2) is 32.8 Å². The highest BCUT2D eigenvalue weighted by atomic mass is 19.4. The molecule has 0 aliphatic heterocycles. The standard InChI is InChI=1S/C20H22F3N3O2/c1-3-13(4-2)18-17-14(10-12-27)9-11-24-19(17)26(25-18)15-5-7-16(8-6-15)28-20(21,22)23/h5-9,11,13,27H,3-4,10,12H2,1-2H3. The van der Waals surface area contributed by atoms with Crippen LogP contribution in [0, 0.1) is 0 Å². The van der Waals surface area contributed by atoms with Gasteiger partial charge in [-0.25, -0.2) is 9.67 Å². The summed E-state index contributed by atoms with van der Waals surface area (Å²) in [6, 6.07) is 7.42. The van der Waals surface area contributed by atoms with E-state index in [1.165, 1.54) is 24.3 Å². The van der Waals surface area contributed by atoms with Crippen LogP contribution < -0.4 is 4.74 Å². The Kier molecular flexibility index (Phi) is 5.88. The Morgan fingerprint density at radius 2 is 1.79 bits per heavy atom. The Morgan fingerprint density at radius 1 is 1.11 bits per heavy atom. The average molecular weight is 393 g/mol. The number of aliphatic hydroxyl groups is 1. The van der Waals surface area contributed by atoms with Crippen molar-refractivity contribution >= 4 is 11.0 Å². The molecule has 0 unspecified atom stereocenters. The lowest BCUT2D eigenvalue weighted by molar-refractivity contribution is -0.274. The smallest absolute Gasteiger partial charge is 0.406 e. The molecule has 2 aromatic heterocycles. The number of alkyl halides is 3. The predicted octanol–water partition coefficient (Wildman–Crippen LogP) is 4.76. The fourth-order valence-electron chi connectivity index (χ4n) is 3.39. The minimum Gasteiger partial charge on any atom is -0.406 e. The summed E-state index contributed by atoms with van der Waals surface area (Å²) in [5.74, 6) is -0.0694. The van der Waals surface area contributed by atoms with E-state index in [4.69, 9.17) is 5.10 Å². The Hall–Kier alpha value is -2.61. The third-order valence-electron chi connectivity index (χ3n) is 4.75. The van der Waals surface area contributed by atoms with E-state index < -0.39 is 6.36 Å². The zero-order valence-corrected chi connectivity index (χ0v) is 15.7. The molecular weight excluding hydrogens is 371 g/mol. The van der Waals surface area contributed by atoms with Gasteiger partial charge >= 0.3 is 6.36 Å². The van der Waals surface area contributed by atoms with Gasteiger partial charge in [-0.1, -0.05) is 13.8 Å². The fraction of sp³-hybridized carbons (Fsp3) is 0.400. The van der Waals surface area contributed by atoms with Gasteiger partial charge in [0.25, 0.3) is 0 Å². The molecule has 0 saturated heterocycles. The lowest BCUT2D eigenvalue weighted by Crippen LogP contribution is -2.17. The molecular formula is C20H22F3N3O2. The normalized spacial score (nSPS) is 12.1. The fourth-order valence-corrected chi connectivity index (χ4v) is 3.39. The average Bonchev–Trinajstić information content (AvgIpc) is 3.03. The maximum absolute atomic E-state index is 12.4. The first-order chi connectivity index (χ1) is 13.4. The Morgan fingerprint density at radius 3 is 2.36 bits per heavy atom. The maximum atomic E-state index is 12.4. The number of ether oxygens (including phenoxy) is 1. The molecule has 0 spiro atoms. The largest absolute Gasteiger partial charge is 0.573 e. The number of benzene rings is 1. The summed E-state index contributed by atoms with van der Waals surface area (Å²) >= 11 is 0. The van der Waals surface area contributed by atoms with Crippen LogP contribution in [0.4, 0.5) is 13.2 Å². The van der Waals surface area contributed by atoms with Gasteiger partial charge in [-0.05, 0) is 55.2 Å². The Bertz CT molecular complexity index is 932. The first-order valence-corrected chi connectivity index (χ1v) is 9.21. The maximum Gasteiger partial charge on any atom is 0.573 e. The molecule has 3 aromatic rings. The molecule has 0 amide bonds. The van der Waals surface area contributed by atoms with Gasteiger partial charge in [0.1, 0.15) is 5.75 Å². The topological polar surface area (TPSA) is 60.2 Å². The van der Waals surface area contributed by atoms with E-state index in [9.17, 15) is 18.3 Å². The molecule has 0 aliphatic rings. The molecule has 0 aliphatic carbocycles. The highest BCUT2D eigenvalue weighted by Crippen LogP contribution is 2.33. The molecule has 2 heterocycles. The highest BCUT2D eigenvalue weighted by molar-refractivity contribution is 5.84. The number of aromatic nitrogens is 3. The molecule has 1 N–H and O–H groups in total. The summed E-state index contributed by atoms with van der Waals surface area (Å²) < 4.78 is 42.7. The van der Waals surface area contributed by atoms with Crippen molar-refractivity contribution in [1.29, 1.82) is 0 Å². The number of hydrogen-bond acceptors (Lipinski definition) is 4. The van der Waals surface area contributed by atoms with Gasteiger partial charge < -0.3 is 9.84 Å². The van der Waals surface area contributed by atoms with Gasteiger partial charge in [-0.15, -0.1) is 13.2 Å². The number of fused-ring (bicyclic) bond motifs is 1. The quantitative estimate of drug-likeness (QED) is 0.629. The summed E-state index contributed by atoms with van der Waals surface area (Å²) in [4.78, 5) is 4.46. The number of pyridine rings is 1. The molecule has 8 heteroatoms. The van der Waals surface area contributed by atoms with Gasteiger partial charge in [0.2, 0.25) is 0 Å². The Labute approximate surface area is 160 Å². The van der Waals surface area contributed by atoms with Crippen molar-refractivity contribution in [2.24, 2.45) is 0 Å². The third-order valence-corrected chi connectivity index (χ3v) is 4.75. The first-order valence-electron chi connectivity index (χ1n) is 9.21. The van der Waals surface area contributed by atoms with Gasteiger partial charge in [0.05, 0.1) is 11.4 Å². The molecule has 0 fully saturated rings. The summed E-state index contributed by atoms with van der Waals surface area (Å²) in [6.07, 6.45) is -0.800. The van der Waals surface area contributed by atoms with Crippen molar-refractivity contribution in [3.63, 3.8) is 0 Å². The van der Waals surface area contributed by atoms with Crippen LogP contribution in [0.2, 0.25) is 0 Å². The van der Waals surface area contributed by atoms with Crippen LogP contribution >= 0.6 is 0 Å². The number of hydrogen-bond donors (Lipinski definition) is 1. The van der Waals surface area contributed by atoms with Crippen molar-refractivity contribution in [1.82, 2.24) is 14.8 Å². The van der Waals surface area contributed by atoms with Crippen LogP contribution in [0.3, 0.4) is 0 Å². The molecule has 28 heavy (non-hydrogen) atoms. The van der Waals surface area contributed by atoms with Crippen LogP contribution in [-0.2, 0) is 6.42 Å². The van der Waals surface area contributed by atoms with E-state index in [1.54, 1.807) is 10.9 Å². The van der Waals surface area contributed by atoms with Crippen LogP contribution in [0.15, 0.2) is 36.5 Å². The number of halogens is 3. The first kappa shape index (κ1) is 20.1. The highest BCUT2D eigenvalue weighted by Gasteiger charge is 2.31. The zero-order valence-electron chi connectivity index (χ0n) is 15.7. The predicted molar refractivity (Wildman–Crippen MR) is 99.7 cm³/mol. The monoisotopic (exact) mass is 393 g/mol. The lowest BCUT2D eigenvalue weighted by Gasteiger charge is -2.11. The number of aliphatic hydroxyl groups excluding tert-OH is 1. The molecule has 150 valence electrons. The summed E-state index contributed by atoms with van der Waals surface area (Å²) in [5, 5.41) is 15.1. The van der Waals surface area contributed by atoms with Gasteiger partial charge in [-0.2, -0.15) is 5.10 Å². The second-order valence-corrected chi connectivity index (χ2v) is 6.49. The van der Waals surface area contributed by atoms with Crippen LogP contribution in [0.25, 0.3) is 16.7 Å². The SMILES string of the molecule is CCC(CC)c1nn(-c2ccc(OC(F)(F)F)cc2)c2nccc(CCO)c12. The van der Waals surface area contributed by atoms with E-state index in [0.717, 1.165) is 29.5 Å². The molecule has 0 radical (unpaired) electrons. The minimum atomic E-state index is -4.73. The van der Waals surface area contributed by atoms with Crippen LogP contribution in [0.5, 0.6) is 5.75 Å². The molecule has 0 saturated carbocycles. The van der Waals surface area contributed by atoms with E-state index in [-0.39, 0.29) is 18.3 Å². The lowest BCUT2D eigenvalue weighted by atomic mass is 9.95. The summed E-state index contributed by atoms with van der Waals surface area (Å²) in [6.45, 7) is 4.19. The van der Waals surface area contributed by atoms with Crippen molar-refractivity contribution in [2.45, 2.75) is 45.4 Å². The van der Waals surface area contributed by atoms with E-state index in [1.807, 2.05) is 6.07 Å². The van der Waals surface area contributed by atoms with Crippen molar-refractivity contribution in [3.05, 3.63) is 47.8 Å². The van der Waals surface area contributed by atoms with Crippen molar-refractivity contribution < 1.29 is 23.0 Å². The molecule has 5 nitrogen and oxygen atoms in total. The Balaban J connectivity index is 2.12.